The summed E-state index contributed by atoms with van der Waals surface area (Å²) in [5.41, 5.74) is 13.5. The van der Waals surface area contributed by atoms with Gasteiger partial charge in [-0.3, -0.25) is 9.79 Å². The van der Waals surface area contributed by atoms with Crippen molar-refractivity contribution < 1.29 is 14.3 Å². The summed E-state index contributed by atoms with van der Waals surface area (Å²) in [5, 5.41) is 9.79. The van der Waals surface area contributed by atoms with Crippen LogP contribution in [-0.4, -0.2) is 24.2 Å². The number of nitrogens with zero attached hydrogens (tertiary/aromatic N) is 1. The van der Waals surface area contributed by atoms with E-state index in [2.05, 4.69) is 4.99 Å². The largest absolute Gasteiger partial charge is 0.404 e. The number of hydrogen-bond donors (Lipinski definition) is 3. The summed E-state index contributed by atoms with van der Waals surface area (Å²) in [4.78, 5) is 15.5. The summed E-state index contributed by atoms with van der Waals surface area (Å²) in [7, 11) is 0. The van der Waals surface area contributed by atoms with E-state index in [1.165, 1.54) is 31.3 Å². The van der Waals surface area contributed by atoms with Crippen LogP contribution in [0.5, 0.6) is 0 Å². The number of hydrogen-bond acceptors (Lipinski definition) is 5. The Morgan fingerprint density at radius 1 is 1.48 bits per heavy atom. The average molecular weight is 319 g/mol. The lowest BCUT2D eigenvalue weighted by atomic mass is 9.96. The first kappa shape index (κ1) is 18.6. The highest BCUT2D eigenvalue weighted by molar-refractivity contribution is 5.91. The fraction of sp³-hybridized carbons (Fsp3) is 0.294. The zero-order chi connectivity index (χ0) is 17.4. The van der Waals surface area contributed by atoms with E-state index in [-0.39, 0.29) is 17.7 Å². The van der Waals surface area contributed by atoms with Crippen LogP contribution in [0.4, 0.5) is 4.39 Å². The van der Waals surface area contributed by atoms with Crippen LogP contribution in [0.1, 0.15) is 37.5 Å². The van der Waals surface area contributed by atoms with Crippen LogP contribution in [0.15, 0.2) is 40.5 Å². The number of carbonyl (C=O) groups is 1. The molecule has 0 aliphatic rings. The van der Waals surface area contributed by atoms with Crippen molar-refractivity contribution in [2.75, 3.05) is 6.54 Å². The van der Waals surface area contributed by atoms with E-state index in [1.54, 1.807) is 6.21 Å². The number of aliphatic hydroxyl groups is 1. The second-order valence-electron chi connectivity index (χ2n) is 5.01. The van der Waals surface area contributed by atoms with Gasteiger partial charge in [0.2, 0.25) is 0 Å². The molecule has 124 valence electrons. The molecule has 0 saturated heterocycles. The minimum Gasteiger partial charge on any atom is -0.404 e. The molecule has 23 heavy (non-hydrogen) atoms. The van der Waals surface area contributed by atoms with Gasteiger partial charge < -0.3 is 16.6 Å². The van der Waals surface area contributed by atoms with Crippen LogP contribution >= 0.6 is 0 Å². The summed E-state index contributed by atoms with van der Waals surface area (Å²) in [5.74, 6) is -0.484. The third-order valence-corrected chi connectivity index (χ3v) is 3.29. The maximum Gasteiger partial charge on any atom is 0.148 e. The van der Waals surface area contributed by atoms with Crippen LogP contribution < -0.4 is 11.5 Å². The standard InChI is InChI=1S/C17H22FN3O2/c1-3-21-9-12(8-19)6-13(10-22)17(20)15-5-4-14(18)7-16(15)11(2)23/h4-5,7-11,23H,3,6,19-20H2,1-2H3. The van der Waals surface area contributed by atoms with Gasteiger partial charge in [-0.1, -0.05) is 0 Å². The van der Waals surface area contributed by atoms with Gasteiger partial charge in [-0.2, -0.15) is 0 Å². The fourth-order valence-corrected chi connectivity index (χ4v) is 2.07. The Labute approximate surface area is 135 Å². The predicted octanol–water partition coefficient (Wildman–Crippen LogP) is 2.07. The number of aliphatic hydroxyl groups excluding tert-OH is 1. The van der Waals surface area contributed by atoms with Crippen molar-refractivity contribution >= 4 is 18.2 Å². The number of halogens is 1. The predicted molar refractivity (Wildman–Crippen MR) is 90.1 cm³/mol. The smallest absolute Gasteiger partial charge is 0.148 e. The molecule has 0 saturated carbocycles. The Hall–Kier alpha value is -2.47. The Bertz CT molecular complexity index is 649. The molecule has 1 aromatic carbocycles. The minimum absolute atomic E-state index is 0.181. The molecule has 0 aromatic heterocycles. The molecule has 0 heterocycles. The van der Waals surface area contributed by atoms with E-state index in [1.807, 2.05) is 6.92 Å². The van der Waals surface area contributed by atoms with Crippen LogP contribution in [0.25, 0.3) is 5.70 Å². The Kier molecular flexibility index (Phi) is 7.15. The van der Waals surface area contributed by atoms with E-state index >= 15 is 0 Å². The SMILES string of the molecule is CCN=CC(=CN)CC(C=O)=C(N)c1ccc(F)cc1C(C)O. The Balaban J connectivity index is 3.30. The Morgan fingerprint density at radius 3 is 2.70 bits per heavy atom. The topological polar surface area (TPSA) is 102 Å². The quantitative estimate of drug-likeness (QED) is 0.407. The lowest BCUT2D eigenvalue weighted by Crippen LogP contribution is -2.09. The molecule has 1 aromatic rings. The van der Waals surface area contributed by atoms with Crippen LogP contribution in [0.2, 0.25) is 0 Å². The zero-order valence-corrected chi connectivity index (χ0v) is 13.3. The molecule has 0 fully saturated rings. The second kappa shape index (κ2) is 8.85. The van der Waals surface area contributed by atoms with Gasteiger partial charge in [-0.15, -0.1) is 0 Å². The molecule has 0 bridgehead atoms. The second-order valence-corrected chi connectivity index (χ2v) is 5.01. The summed E-state index contributed by atoms with van der Waals surface area (Å²) in [6, 6.07) is 3.88. The van der Waals surface area contributed by atoms with Crippen molar-refractivity contribution in [1.82, 2.24) is 0 Å². The van der Waals surface area contributed by atoms with E-state index < -0.39 is 11.9 Å². The lowest BCUT2D eigenvalue weighted by Gasteiger charge is -2.14. The summed E-state index contributed by atoms with van der Waals surface area (Å²) in [6.07, 6.45) is 2.85. The van der Waals surface area contributed by atoms with E-state index in [4.69, 9.17) is 11.5 Å². The third kappa shape index (κ3) is 5.03. The monoisotopic (exact) mass is 319 g/mol. The average Bonchev–Trinajstić information content (AvgIpc) is 2.54. The van der Waals surface area contributed by atoms with Gasteiger partial charge in [0, 0.05) is 36.0 Å². The van der Waals surface area contributed by atoms with Gasteiger partial charge in [0.1, 0.15) is 12.1 Å². The van der Waals surface area contributed by atoms with Crippen LogP contribution in [0, 0.1) is 5.82 Å². The first-order valence-electron chi connectivity index (χ1n) is 7.26. The molecule has 1 rings (SSSR count). The molecule has 0 amide bonds. The maximum absolute atomic E-state index is 13.4. The molecule has 0 aliphatic heterocycles. The van der Waals surface area contributed by atoms with Crippen molar-refractivity contribution in [3.63, 3.8) is 0 Å². The van der Waals surface area contributed by atoms with Gasteiger partial charge in [-0.05, 0) is 49.4 Å². The highest BCUT2D eigenvalue weighted by Gasteiger charge is 2.15. The molecular weight excluding hydrogens is 297 g/mol. The van der Waals surface area contributed by atoms with E-state index in [9.17, 15) is 14.3 Å². The van der Waals surface area contributed by atoms with Crippen molar-refractivity contribution in [2.45, 2.75) is 26.4 Å². The highest BCUT2D eigenvalue weighted by atomic mass is 19.1. The normalized spacial score (nSPS) is 14.7. The van der Waals surface area contributed by atoms with Gasteiger partial charge in [0.25, 0.3) is 0 Å². The molecule has 0 radical (unpaired) electrons. The highest BCUT2D eigenvalue weighted by Crippen LogP contribution is 2.26. The number of aldehydes is 1. The number of carbonyl (C=O) groups excluding carboxylic acids is 1. The van der Waals surface area contributed by atoms with Crippen molar-refractivity contribution in [3.05, 3.63) is 52.5 Å². The van der Waals surface area contributed by atoms with Crippen LogP contribution in [-0.2, 0) is 4.79 Å². The summed E-state index contributed by atoms with van der Waals surface area (Å²) in [6.45, 7) is 3.98. The van der Waals surface area contributed by atoms with Gasteiger partial charge in [0.15, 0.2) is 0 Å². The molecule has 1 unspecified atom stereocenters. The van der Waals surface area contributed by atoms with Gasteiger partial charge in [-0.25, -0.2) is 4.39 Å². The zero-order valence-electron chi connectivity index (χ0n) is 13.3. The number of aliphatic imine (C=N–C) groups is 1. The third-order valence-electron chi connectivity index (χ3n) is 3.29. The molecule has 5 nitrogen and oxygen atoms in total. The summed E-state index contributed by atoms with van der Waals surface area (Å²) < 4.78 is 13.4. The van der Waals surface area contributed by atoms with E-state index in [0.717, 1.165) is 0 Å². The molecule has 0 aliphatic carbocycles. The molecule has 6 heteroatoms. The maximum atomic E-state index is 13.4. The van der Waals surface area contributed by atoms with E-state index in [0.29, 0.717) is 29.5 Å². The Morgan fingerprint density at radius 2 is 2.17 bits per heavy atom. The van der Waals surface area contributed by atoms with Crippen LogP contribution in [0.3, 0.4) is 0 Å². The first-order chi connectivity index (χ1) is 10.9. The summed E-state index contributed by atoms with van der Waals surface area (Å²) >= 11 is 0. The van der Waals surface area contributed by atoms with Gasteiger partial charge >= 0.3 is 0 Å². The number of allylic oxidation sites excluding steroid dienone is 2. The van der Waals surface area contributed by atoms with Gasteiger partial charge in [0.05, 0.1) is 6.10 Å². The van der Waals surface area contributed by atoms with Crippen molar-refractivity contribution in [3.8, 4) is 0 Å². The number of rotatable bonds is 7. The molecule has 5 N–H and O–H groups in total. The number of nitrogens with two attached hydrogens (primary N) is 2. The van der Waals surface area contributed by atoms with Crippen molar-refractivity contribution in [2.24, 2.45) is 16.5 Å². The molecular formula is C17H22FN3O2. The number of benzene rings is 1. The lowest BCUT2D eigenvalue weighted by molar-refractivity contribution is -0.104. The molecule has 0 spiro atoms. The minimum atomic E-state index is -0.918. The first-order valence-corrected chi connectivity index (χ1v) is 7.26. The van der Waals surface area contributed by atoms with Crippen molar-refractivity contribution in [1.29, 1.82) is 0 Å². The molecule has 1 atom stereocenters. The fourth-order valence-electron chi connectivity index (χ4n) is 2.07.